The predicted molar refractivity (Wildman–Crippen MR) is 88.4 cm³/mol. The van der Waals surface area contributed by atoms with E-state index < -0.39 is 0 Å². The molecule has 3 heteroatoms. The van der Waals surface area contributed by atoms with Crippen molar-refractivity contribution in [1.82, 2.24) is 5.32 Å². The first kappa shape index (κ1) is 15.5. The SMILES string of the molecule is CC(C)(CCCN)CNC(=O)c1ccc2ccccc2c1. The van der Waals surface area contributed by atoms with E-state index in [1.165, 1.54) is 0 Å². The molecule has 0 radical (unpaired) electrons. The van der Waals surface area contributed by atoms with Crippen molar-refractivity contribution in [2.24, 2.45) is 11.1 Å². The van der Waals surface area contributed by atoms with Crippen LogP contribution in [0.15, 0.2) is 42.5 Å². The summed E-state index contributed by atoms with van der Waals surface area (Å²) in [5.41, 5.74) is 6.33. The van der Waals surface area contributed by atoms with Crippen LogP contribution in [-0.4, -0.2) is 19.0 Å². The number of hydrogen-bond acceptors (Lipinski definition) is 2. The molecule has 0 unspecified atom stereocenters. The average molecular weight is 284 g/mol. The quantitative estimate of drug-likeness (QED) is 0.855. The molecule has 0 heterocycles. The molecule has 2 aromatic carbocycles. The minimum atomic E-state index is -0.0124. The van der Waals surface area contributed by atoms with Gasteiger partial charge in [0, 0.05) is 12.1 Å². The number of rotatable bonds is 6. The summed E-state index contributed by atoms with van der Waals surface area (Å²) in [5.74, 6) is -0.0124. The second-order valence-corrected chi connectivity index (χ2v) is 6.30. The number of nitrogens with two attached hydrogens (primary N) is 1. The van der Waals surface area contributed by atoms with Crippen molar-refractivity contribution in [2.75, 3.05) is 13.1 Å². The molecule has 2 rings (SSSR count). The molecule has 0 bridgehead atoms. The van der Waals surface area contributed by atoms with E-state index in [2.05, 4.69) is 19.2 Å². The fourth-order valence-corrected chi connectivity index (χ4v) is 2.42. The minimum Gasteiger partial charge on any atom is -0.352 e. The van der Waals surface area contributed by atoms with Crippen LogP contribution < -0.4 is 11.1 Å². The van der Waals surface area contributed by atoms with Crippen LogP contribution in [0.4, 0.5) is 0 Å². The Morgan fingerprint density at radius 2 is 1.86 bits per heavy atom. The maximum absolute atomic E-state index is 12.3. The van der Waals surface area contributed by atoms with Gasteiger partial charge in [0.2, 0.25) is 0 Å². The highest BCUT2D eigenvalue weighted by molar-refractivity contribution is 5.98. The second-order valence-electron chi connectivity index (χ2n) is 6.30. The smallest absolute Gasteiger partial charge is 0.251 e. The van der Waals surface area contributed by atoms with Crippen LogP contribution in [-0.2, 0) is 0 Å². The van der Waals surface area contributed by atoms with E-state index in [1.54, 1.807) is 0 Å². The maximum Gasteiger partial charge on any atom is 0.251 e. The topological polar surface area (TPSA) is 55.1 Å². The first-order valence-corrected chi connectivity index (χ1v) is 7.49. The Labute approximate surface area is 126 Å². The number of amides is 1. The second kappa shape index (κ2) is 6.72. The fraction of sp³-hybridized carbons (Fsp3) is 0.389. The molecule has 112 valence electrons. The van der Waals surface area contributed by atoms with Gasteiger partial charge in [0.25, 0.3) is 5.91 Å². The van der Waals surface area contributed by atoms with E-state index in [0.717, 1.165) is 23.6 Å². The van der Waals surface area contributed by atoms with Crippen molar-refractivity contribution in [1.29, 1.82) is 0 Å². The highest BCUT2D eigenvalue weighted by Gasteiger charge is 2.18. The van der Waals surface area contributed by atoms with Gasteiger partial charge in [-0.15, -0.1) is 0 Å². The third-order valence-corrected chi connectivity index (χ3v) is 3.80. The van der Waals surface area contributed by atoms with Crippen molar-refractivity contribution in [3.05, 3.63) is 48.0 Å². The van der Waals surface area contributed by atoms with Gasteiger partial charge in [-0.2, -0.15) is 0 Å². The molecule has 0 saturated heterocycles. The lowest BCUT2D eigenvalue weighted by atomic mass is 9.87. The number of fused-ring (bicyclic) bond motifs is 1. The first-order valence-electron chi connectivity index (χ1n) is 7.49. The summed E-state index contributed by atoms with van der Waals surface area (Å²) >= 11 is 0. The average Bonchev–Trinajstić information content (AvgIpc) is 2.50. The lowest BCUT2D eigenvalue weighted by Gasteiger charge is -2.24. The molecular formula is C18H24N2O. The van der Waals surface area contributed by atoms with Gasteiger partial charge in [0.05, 0.1) is 0 Å². The molecule has 0 aliphatic heterocycles. The maximum atomic E-state index is 12.3. The molecule has 0 aliphatic carbocycles. The Kier molecular flexibility index (Phi) is 4.97. The predicted octanol–water partition coefficient (Wildman–Crippen LogP) is 3.33. The van der Waals surface area contributed by atoms with Gasteiger partial charge in [0.15, 0.2) is 0 Å². The third-order valence-electron chi connectivity index (χ3n) is 3.80. The van der Waals surface area contributed by atoms with Crippen molar-refractivity contribution in [2.45, 2.75) is 26.7 Å². The van der Waals surface area contributed by atoms with Crippen LogP contribution in [0, 0.1) is 5.41 Å². The van der Waals surface area contributed by atoms with Crippen LogP contribution in [0.3, 0.4) is 0 Å². The Hall–Kier alpha value is -1.87. The van der Waals surface area contributed by atoms with Crippen molar-refractivity contribution < 1.29 is 4.79 Å². The van der Waals surface area contributed by atoms with Crippen LogP contribution in [0.2, 0.25) is 0 Å². The molecule has 1 amide bonds. The summed E-state index contributed by atoms with van der Waals surface area (Å²) < 4.78 is 0. The summed E-state index contributed by atoms with van der Waals surface area (Å²) in [6, 6.07) is 13.9. The van der Waals surface area contributed by atoms with Gasteiger partial charge in [-0.1, -0.05) is 44.2 Å². The van der Waals surface area contributed by atoms with Gasteiger partial charge in [-0.05, 0) is 47.7 Å². The van der Waals surface area contributed by atoms with Crippen LogP contribution in [0.5, 0.6) is 0 Å². The van der Waals surface area contributed by atoms with Crippen molar-refractivity contribution >= 4 is 16.7 Å². The molecule has 0 aromatic heterocycles. The van der Waals surface area contributed by atoms with Crippen LogP contribution in [0.1, 0.15) is 37.0 Å². The number of nitrogens with one attached hydrogen (secondary N) is 1. The Morgan fingerprint density at radius 1 is 1.14 bits per heavy atom. The molecule has 0 saturated carbocycles. The summed E-state index contributed by atoms with van der Waals surface area (Å²) in [4.78, 5) is 12.3. The highest BCUT2D eigenvalue weighted by Crippen LogP contribution is 2.21. The van der Waals surface area contributed by atoms with E-state index in [0.29, 0.717) is 18.7 Å². The van der Waals surface area contributed by atoms with Gasteiger partial charge < -0.3 is 11.1 Å². The molecular weight excluding hydrogens is 260 g/mol. The molecule has 2 aromatic rings. The molecule has 0 aliphatic rings. The van der Waals surface area contributed by atoms with E-state index in [1.807, 2.05) is 42.5 Å². The van der Waals surface area contributed by atoms with Crippen LogP contribution >= 0.6 is 0 Å². The summed E-state index contributed by atoms with van der Waals surface area (Å²) in [7, 11) is 0. The Morgan fingerprint density at radius 3 is 2.57 bits per heavy atom. The Bertz CT molecular complexity index is 619. The zero-order chi connectivity index (χ0) is 15.3. The van der Waals surface area contributed by atoms with Gasteiger partial charge >= 0.3 is 0 Å². The molecule has 21 heavy (non-hydrogen) atoms. The van der Waals surface area contributed by atoms with Gasteiger partial charge in [0.1, 0.15) is 0 Å². The number of carbonyl (C=O) groups is 1. The van der Waals surface area contributed by atoms with E-state index in [4.69, 9.17) is 5.73 Å². The highest BCUT2D eigenvalue weighted by atomic mass is 16.1. The number of carbonyl (C=O) groups excluding carboxylic acids is 1. The van der Waals surface area contributed by atoms with Gasteiger partial charge in [-0.25, -0.2) is 0 Å². The Balaban J connectivity index is 2.02. The zero-order valence-corrected chi connectivity index (χ0v) is 12.9. The molecule has 0 fully saturated rings. The lowest BCUT2D eigenvalue weighted by molar-refractivity contribution is 0.0934. The molecule has 3 nitrogen and oxygen atoms in total. The normalized spacial score (nSPS) is 11.6. The van der Waals surface area contributed by atoms with Crippen molar-refractivity contribution in [3.63, 3.8) is 0 Å². The number of benzene rings is 2. The van der Waals surface area contributed by atoms with E-state index in [-0.39, 0.29) is 11.3 Å². The van der Waals surface area contributed by atoms with Crippen molar-refractivity contribution in [3.8, 4) is 0 Å². The summed E-state index contributed by atoms with van der Waals surface area (Å²) in [5, 5.41) is 5.27. The standard InChI is InChI=1S/C18H24N2O/c1-18(2,10-5-11-19)13-20-17(21)16-9-8-14-6-3-4-7-15(14)12-16/h3-4,6-9,12H,5,10-11,13,19H2,1-2H3,(H,20,21). The first-order chi connectivity index (χ1) is 10.0. The summed E-state index contributed by atoms with van der Waals surface area (Å²) in [6.07, 6.45) is 2.00. The zero-order valence-electron chi connectivity index (χ0n) is 12.9. The van der Waals surface area contributed by atoms with Gasteiger partial charge in [-0.3, -0.25) is 4.79 Å². The third kappa shape index (κ3) is 4.30. The molecule has 3 N–H and O–H groups in total. The molecule has 0 atom stereocenters. The largest absolute Gasteiger partial charge is 0.352 e. The van der Waals surface area contributed by atoms with E-state index >= 15 is 0 Å². The number of hydrogen-bond donors (Lipinski definition) is 2. The minimum absolute atomic E-state index is 0.0124. The summed E-state index contributed by atoms with van der Waals surface area (Å²) in [6.45, 7) is 5.67. The fourth-order valence-electron chi connectivity index (χ4n) is 2.42. The monoisotopic (exact) mass is 284 g/mol. The molecule has 0 spiro atoms. The lowest BCUT2D eigenvalue weighted by Crippen LogP contribution is -2.34. The van der Waals surface area contributed by atoms with Crippen LogP contribution in [0.25, 0.3) is 10.8 Å². The van der Waals surface area contributed by atoms with E-state index in [9.17, 15) is 4.79 Å².